The number of benzene rings is 1. The average molecular weight is 291 g/mol. The van der Waals surface area contributed by atoms with E-state index in [0.29, 0.717) is 23.2 Å². The van der Waals surface area contributed by atoms with Crippen LogP contribution < -0.4 is 5.32 Å². The van der Waals surface area contributed by atoms with Crippen LogP contribution in [0, 0.1) is 5.92 Å². The molecule has 5 heteroatoms. The van der Waals surface area contributed by atoms with Crippen molar-refractivity contribution < 1.29 is 9.53 Å². The number of carbonyl (C=O) groups is 1. The number of nitrogens with one attached hydrogen (secondary N) is 1. The third kappa shape index (κ3) is 2.62. The molecule has 3 rings (SSSR count). The summed E-state index contributed by atoms with van der Waals surface area (Å²) in [5.41, 5.74) is 0.559. The number of nitrogens with zero attached hydrogens (tertiary/aromatic N) is 1. The minimum atomic E-state index is -0.114. The Bertz CT molecular complexity index is 639. The third-order valence-electron chi connectivity index (χ3n) is 3.57. The van der Waals surface area contributed by atoms with E-state index in [4.69, 9.17) is 16.3 Å². The Labute approximate surface area is 122 Å². The van der Waals surface area contributed by atoms with Crippen LogP contribution in [-0.4, -0.2) is 30.6 Å². The van der Waals surface area contributed by atoms with Gasteiger partial charge in [-0.05, 0) is 11.8 Å². The maximum absolute atomic E-state index is 12.3. The van der Waals surface area contributed by atoms with Crippen molar-refractivity contribution in [1.82, 2.24) is 10.3 Å². The Balaban J connectivity index is 1.82. The molecule has 104 valence electrons. The molecule has 1 saturated heterocycles. The molecular formula is C15H15ClN2O2. The summed E-state index contributed by atoms with van der Waals surface area (Å²) in [5.74, 6) is 0.294. The summed E-state index contributed by atoms with van der Waals surface area (Å²) >= 11 is 6.06. The second-order valence-electron chi connectivity index (χ2n) is 4.95. The lowest BCUT2D eigenvalue weighted by Crippen LogP contribution is -2.29. The summed E-state index contributed by atoms with van der Waals surface area (Å²) in [7, 11) is 0. The Morgan fingerprint density at radius 1 is 1.40 bits per heavy atom. The number of pyridine rings is 1. The molecule has 1 aromatic carbocycles. The summed E-state index contributed by atoms with van der Waals surface area (Å²) in [6.07, 6.45) is 2.53. The Morgan fingerprint density at radius 3 is 2.95 bits per heavy atom. The van der Waals surface area contributed by atoms with E-state index < -0.39 is 0 Å². The highest BCUT2D eigenvalue weighted by Gasteiger charge is 2.18. The van der Waals surface area contributed by atoms with Crippen LogP contribution in [0.5, 0.6) is 0 Å². The first-order valence-corrected chi connectivity index (χ1v) is 7.02. The molecule has 1 aromatic heterocycles. The Kier molecular flexibility index (Phi) is 3.85. The summed E-state index contributed by atoms with van der Waals surface area (Å²) in [6.45, 7) is 2.14. The van der Waals surface area contributed by atoms with Crippen molar-refractivity contribution in [2.45, 2.75) is 6.42 Å². The lowest BCUT2D eigenvalue weighted by Gasteiger charge is -2.11. The smallest absolute Gasteiger partial charge is 0.253 e. The van der Waals surface area contributed by atoms with Gasteiger partial charge >= 0.3 is 0 Å². The van der Waals surface area contributed by atoms with E-state index in [1.54, 1.807) is 0 Å². The minimum absolute atomic E-state index is 0.114. The number of amides is 1. The Morgan fingerprint density at radius 2 is 2.20 bits per heavy atom. The molecule has 1 unspecified atom stereocenters. The molecule has 0 saturated carbocycles. The second-order valence-corrected chi connectivity index (χ2v) is 5.31. The third-order valence-corrected chi connectivity index (χ3v) is 3.87. The van der Waals surface area contributed by atoms with E-state index in [1.807, 2.05) is 24.3 Å². The zero-order valence-electron chi connectivity index (χ0n) is 10.9. The largest absolute Gasteiger partial charge is 0.381 e. The van der Waals surface area contributed by atoms with E-state index in [0.717, 1.165) is 30.4 Å². The van der Waals surface area contributed by atoms with Crippen LogP contribution in [0.4, 0.5) is 0 Å². The molecule has 2 heterocycles. The predicted octanol–water partition coefficient (Wildman–Crippen LogP) is 2.65. The first-order chi connectivity index (χ1) is 9.75. The van der Waals surface area contributed by atoms with Gasteiger partial charge in [-0.1, -0.05) is 35.9 Å². The van der Waals surface area contributed by atoms with E-state index in [-0.39, 0.29) is 5.91 Å². The maximum Gasteiger partial charge on any atom is 0.253 e. The van der Waals surface area contributed by atoms with Crippen LogP contribution in [0.2, 0.25) is 5.15 Å². The fourth-order valence-electron chi connectivity index (χ4n) is 2.42. The van der Waals surface area contributed by atoms with Crippen LogP contribution >= 0.6 is 11.6 Å². The van der Waals surface area contributed by atoms with E-state index in [2.05, 4.69) is 10.3 Å². The monoisotopic (exact) mass is 290 g/mol. The van der Waals surface area contributed by atoms with E-state index in [9.17, 15) is 4.79 Å². The quantitative estimate of drug-likeness (QED) is 0.884. The molecule has 4 nitrogen and oxygen atoms in total. The van der Waals surface area contributed by atoms with Crippen molar-refractivity contribution >= 4 is 28.3 Å². The molecule has 1 fully saturated rings. The fourth-order valence-corrected chi connectivity index (χ4v) is 2.63. The number of aromatic nitrogens is 1. The van der Waals surface area contributed by atoms with Crippen LogP contribution in [0.1, 0.15) is 16.8 Å². The van der Waals surface area contributed by atoms with Crippen molar-refractivity contribution in [3.8, 4) is 0 Å². The van der Waals surface area contributed by atoms with Crippen LogP contribution in [0.3, 0.4) is 0 Å². The van der Waals surface area contributed by atoms with E-state index in [1.165, 1.54) is 6.20 Å². The number of hydrogen-bond acceptors (Lipinski definition) is 3. The number of fused-ring (bicyclic) bond motifs is 1. The molecular weight excluding hydrogens is 276 g/mol. The van der Waals surface area contributed by atoms with Crippen molar-refractivity contribution in [3.63, 3.8) is 0 Å². The molecule has 0 bridgehead atoms. The summed E-state index contributed by atoms with van der Waals surface area (Å²) in [4.78, 5) is 16.4. The molecule has 0 spiro atoms. The molecule has 0 aliphatic carbocycles. The van der Waals surface area contributed by atoms with Crippen molar-refractivity contribution in [3.05, 3.63) is 41.2 Å². The number of rotatable bonds is 3. The Hall–Kier alpha value is -1.65. The van der Waals surface area contributed by atoms with Gasteiger partial charge in [-0.3, -0.25) is 4.79 Å². The van der Waals surface area contributed by atoms with Crippen molar-refractivity contribution in [2.24, 2.45) is 5.92 Å². The maximum atomic E-state index is 12.3. The van der Waals surface area contributed by atoms with E-state index >= 15 is 0 Å². The van der Waals surface area contributed by atoms with Crippen LogP contribution in [0.15, 0.2) is 30.5 Å². The number of halogens is 1. The highest BCUT2D eigenvalue weighted by Crippen LogP contribution is 2.24. The molecule has 2 aromatic rings. The standard InChI is InChI=1S/C15H15ClN2O2/c16-14-12-4-2-1-3-11(12)13(8-17-14)15(19)18-7-10-5-6-20-9-10/h1-4,8,10H,5-7,9H2,(H,18,19). The zero-order valence-corrected chi connectivity index (χ0v) is 11.7. The SMILES string of the molecule is O=C(NCC1CCOC1)c1cnc(Cl)c2ccccc12. The molecule has 1 N–H and O–H groups in total. The minimum Gasteiger partial charge on any atom is -0.381 e. The second kappa shape index (κ2) is 5.77. The topological polar surface area (TPSA) is 51.2 Å². The molecule has 20 heavy (non-hydrogen) atoms. The fraction of sp³-hybridized carbons (Fsp3) is 0.333. The van der Waals surface area contributed by atoms with Crippen molar-refractivity contribution in [1.29, 1.82) is 0 Å². The van der Waals surface area contributed by atoms with Gasteiger partial charge < -0.3 is 10.1 Å². The number of carbonyl (C=O) groups excluding carboxylic acids is 1. The number of ether oxygens (including phenoxy) is 1. The predicted molar refractivity (Wildman–Crippen MR) is 78.0 cm³/mol. The average Bonchev–Trinajstić information content (AvgIpc) is 2.99. The van der Waals surface area contributed by atoms with Gasteiger partial charge in [0.15, 0.2) is 0 Å². The zero-order chi connectivity index (χ0) is 13.9. The normalized spacial score (nSPS) is 18.4. The highest BCUT2D eigenvalue weighted by atomic mass is 35.5. The van der Waals surface area contributed by atoms with Gasteiger partial charge in [-0.2, -0.15) is 0 Å². The van der Waals surface area contributed by atoms with Gasteiger partial charge in [0.2, 0.25) is 0 Å². The molecule has 1 aliphatic heterocycles. The van der Waals surface area contributed by atoms with Gasteiger partial charge in [0, 0.05) is 30.7 Å². The molecule has 1 atom stereocenters. The van der Waals surface area contributed by atoms with Gasteiger partial charge in [0.05, 0.1) is 12.2 Å². The summed E-state index contributed by atoms with van der Waals surface area (Å²) in [5, 5.41) is 4.99. The molecule has 1 aliphatic rings. The lowest BCUT2D eigenvalue weighted by molar-refractivity contribution is 0.0946. The van der Waals surface area contributed by atoms with Crippen LogP contribution in [-0.2, 0) is 4.74 Å². The van der Waals surface area contributed by atoms with Gasteiger partial charge in [0.1, 0.15) is 5.15 Å². The summed E-state index contributed by atoms with van der Waals surface area (Å²) < 4.78 is 5.30. The number of hydrogen-bond donors (Lipinski definition) is 1. The molecule has 0 radical (unpaired) electrons. The first-order valence-electron chi connectivity index (χ1n) is 6.65. The summed E-state index contributed by atoms with van der Waals surface area (Å²) in [6, 6.07) is 7.52. The van der Waals surface area contributed by atoms with Crippen molar-refractivity contribution in [2.75, 3.05) is 19.8 Å². The molecule has 1 amide bonds. The highest BCUT2D eigenvalue weighted by molar-refractivity contribution is 6.34. The lowest BCUT2D eigenvalue weighted by atomic mass is 10.1. The van der Waals surface area contributed by atoms with Crippen LogP contribution in [0.25, 0.3) is 10.8 Å². The first kappa shape index (κ1) is 13.3. The van der Waals surface area contributed by atoms with Gasteiger partial charge in [-0.25, -0.2) is 4.98 Å². The van der Waals surface area contributed by atoms with Gasteiger partial charge in [-0.15, -0.1) is 0 Å². The van der Waals surface area contributed by atoms with Gasteiger partial charge in [0.25, 0.3) is 5.91 Å².